The number of carboxylic acid groups (broad SMARTS) is 1. The minimum atomic E-state index is -3.87. The van der Waals surface area contributed by atoms with Gasteiger partial charge in [-0.1, -0.05) is 20.8 Å². The van der Waals surface area contributed by atoms with Gasteiger partial charge in [-0.3, -0.25) is 4.98 Å². The van der Waals surface area contributed by atoms with Crippen molar-refractivity contribution in [3.63, 3.8) is 0 Å². The lowest BCUT2D eigenvalue weighted by Gasteiger charge is -2.27. The molecular formula is C20H23N3O4S2. The monoisotopic (exact) mass is 433 g/mol. The Kier molecular flexibility index (Phi) is 5.81. The van der Waals surface area contributed by atoms with E-state index in [1.54, 1.807) is 12.1 Å². The molecule has 1 N–H and O–H groups in total. The molecule has 3 aromatic heterocycles. The zero-order chi connectivity index (χ0) is 21.2. The number of carbonyl (C=O) groups is 1. The number of rotatable bonds is 6. The SMILES string of the molecule is CC(C)(C)CN(Cc1cc(-c2ccsc2)n(S(=O)(=O)c2cccnc2)c1)C(=O)O. The van der Waals surface area contributed by atoms with Crippen molar-refractivity contribution in [2.45, 2.75) is 32.2 Å². The first kappa shape index (κ1) is 21.1. The molecule has 0 atom stereocenters. The minimum absolute atomic E-state index is 0.0726. The van der Waals surface area contributed by atoms with Crippen LogP contribution in [0.5, 0.6) is 0 Å². The fraction of sp³-hybridized carbons (Fsp3) is 0.300. The second kappa shape index (κ2) is 8.00. The van der Waals surface area contributed by atoms with Gasteiger partial charge in [-0.25, -0.2) is 17.2 Å². The summed E-state index contributed by atoms with van der Waals surface area (Å²) in [5.74, 6) is 0. The Hall–Kier alpha value is -2.65. The lowest BCUT2D eigenvalue weighted by Crippen LogP contribution is -2.36. The molecule has 7 nitrogen and oxygen atoms in total. The quantitative estimate of drug-likeness (QED) is 0.623. The first-order valence-electron chi connectivity index (χ1n) is 8.95. The molecule has 0 bridgehead atoms. The van der Waals surface area contributed by atoms with Crippen LogP contribution in [0.15, 0.2) is 58.5 Å². The predicted molar refractivity (Wildman–Crippen MR) is 112 cm³/mol. The molecule has 3 aromatic rings. The molecule has 0 fully saturated rings. The van der Waals surface area contributed by atoms with E-state index in [-0.39, 0.29) is 16.9 Å². The Morgan fingerprint density at radius 2 is 2.07 bits per heavy atom. The van der Waals surface area contributed by atoms with Crippen LogP contribution in [-0.2, 0) is 16.6 Å². The van der Waals surface area contributed by atoms with Gasteiger partial charge in [0.2, 0.25) is 0 Å². The van der Waals surface area contributed by atoms with Gasteiger partial charge in [-0.2, -0.15) is 11.3 Å². The van der Waals surface area contributed by atoms with Crippen LogP contribution in [0.4, 0.5) is 4.79 Å². The molecule has 0 aliphatic carbocycles. The Morgan fingerprint density at radius 3 is 2.62 bits per heavy atom. The second-order valence-electron chi connectivity index (χ2n) is 7.93. The molecular weight excluding hydrogens is 410 g/mol. The lowest BCUT2D eigenvalue weighted by atomic mass is 9.96. The van der Waals surface area contributed by atoms with Gasteiger partial charge in [0.05, 0.1) is 12.2 Å². The zero-order valence-corrected chi connectivity index (χ0v) is 18.1. The number of hydrogen-bond donors (Lipinski definition) is 1. The number of nitrogens with zero attached hydrogens (tertiary/aromatic N) is 3. The van der Waals surface area contributed by atoms with E-state index >= 15 is 0 Å². The van der Waals surface area contributed by atoms with E-state index in [0.29, 0.717) is 17.8 Å². The minimum Gasteiger partial charge on any atom is -0.465 e. The normalized spacial score (nSPS) is 12.1. The van der Waals surface area contributed by atoms with E-state index in [9.17, 15) is 18.3 Å². The number of amides is 1. The molecule has 29 heavy (non-hydrogen) atoms. The van der Waals surface area contributed by atoms with Crippen molar-refractivity contribution in [3.05, 3.63) is 59.2 Å². The van der Waals surface area contributed by atoms with Crippen LogP contribution < -0.4 is 0 Å². The topological polar surface area (TPSA) is 92.5 Å². The average molecular weight is 434 g/mol. The highest BCUT2D eigenvalue weighted by molar-refractivity contribution is 7.90. The predicted octanol–water partition coefficient (Wildman–Crippen LogP) is 4.37. The van der Waals surface area contributed by atoms with Crippen LogP contribution >= 0.6 is 11.3 Å². The van der Waals surface area contributed by atoms with Crippen molar-refractivity contribution in [1.82, 2.24) is 13.9 Å². The number of aromatic nitrogens is 2. The van der Waals surface area contributed by atoms with Gasteiger partial charge < -0.3 is 10.0 Å². The number of pyridine rings is 1. The molecule has 9 heteroatoms. The Balaban J connectivity index is 2.06. The summed E-state index contributed by atoms with van der Waals surface area (Å²) < 4.78 is 27.6. The molecule has 0 radical (unpaired) electrons. The fourth-order valence-corrected chi connectivity index (χ4v) is 5.01. The largest absolute Gasteiger partial charge is 0.465 e. The van der Waals surface area contributed by atoms with Crippen LogP contribution in [0.25, 0.3) is 11.3 Å². The smallest absolute Gasteiger partial charge is 0.407 e. The molecule has 0 aliphatic heterocycles. The van der Waals surface area contributed by atoms with Crippen molar-refractivity contribution in [2.75, 3.05) is 6.54 Å². The van der Waals surface area contributed by atoms with Crippen LogP contribution in [0, 0.1) is 5.41 Å². The van der Waals surface area contributed by atoms with Crippen molar-refractivity contribution >= 4 is 27.5 Å². The average Bonchev–Trinajstić information content (AvgIpc) is 3.30. The van der Waals surface area contributed by atoms with Gasteiger partial charge >= 0.3 is 6.09 Å². The molecule has 154 valence electrons. The van der Waals surface area contributed by atoms with Crippen LogP contribution in [0.1, 0.15) is 26.3 Å². The summed E-state index contributed by atoms with van der Waals surface area (Å²) in [5, 5.41) is 13.3. The van der Waals surface area contributed by atoms with Gasteiger partial charge in [0, 0.05) is 36.1 Å². The zero-order valence-electron chi connectivity index (χ0n) is 16.4. The van der Waals surface area contributed by atoms with E-state index in [4.69, 9.17) is 0 Å². The summed E-state index contributed by atoms with van der Waals surface area (Å²) in [6.45, 7) is 6.29. The Labute approximate surface area is 174 Å². The van der Waals surface area contributed by atoms with E-state index in [2.05, 4.69) is 4.98 Å². The number of thiophene rings is 1. The second-order valence-corrected chi connectivity index (χ2v) is 10.5. The summed E-state index contributed by atoms with van der Waals surface area (Å²) in [7, 11) is -3.87. The number of hydrogen-bond acceptors (Lipinski definition) is 5. The molecule has 1 amide bonds. The third-order valence-corrected chi connectivity index (χ3v) is 6.50. The van der Waals surface area contributed by atoms with E-state index < -0.39 is 16.1 Å². The summed E-state index contributed by atoms with van der Waals surface area (Å²) >= 11 is 1.46. The Morgan fingerprint density at radius 1 is 1.31 bits per heavy atom. The molecule has 3 rings (SSSR count). The van der Waals surface area contributed by atoms with Crippen molar-refractivity contribution < 1.29 is 18.3 Å². The van der Waals surface area contributed by atoms with E-state index in [1.807, 2.05) is 37.6 Å². The van der Waals surface area contributed by atoms with Crippen LogP contribution in [-0.4, -0.2) is 40.0 Å². The molecule has 0 saturated heterocycles. The van der Waals surface area contributed by atoms with Crippen LogP contribution in [0.2, 0.25) is 0 Å². The third-order valence-electron chi connectivity index (χ3n) is 4.16. The van der Waals surface area contributed by atoms with Gasteiger partial charge in [0.1, 0.15) is 4.90 Å². The maximum absolute atomic E-state index is 13.2. The van der Waals surface area contributed by atoms with Gasteiger partial charge in [0.25, 0.3) is 10.0 Å². The molecule has 0 aliphatic rings. The van der Waals surface area contributed by atoms with Gasteiger partial charge in [-0.05, 0) is 40.6 Å². The van der Waals surface area contributed by atoms with E-state index in [0.717, 1.165) is 5.56 Å². The maximum atomic E-state index is 13.2. The summed E-state index contributed by atoms with van der Waals surface area (Å²) in [6.07, 6.45) is 3.26. The highest BCUT2D eigenvalue weighted by Crippen LogP contribution is 2.29. The summed E-state index contributed by atoms with van der Waals surface area (Å²) in [4.78, 5) is 17.0. The fourth-order valence-electron chi connectivity index (χ4n) is 3.00. The van der Waals surface area contributed by atoms with Crippen molar-refractivity contribution in [2.24, 2.45) is 5.41 Å². The van der Waals surface area contributed by atoms with E-state index in [1.165, 1.54) is 44.9 Å². The first-order chi connectivity index (χ1) is 13.6. The molecule has 0 spiro atoms. The summed E-state index contributed by atoms with van der Waals surface area (Å²) in [6, 6.07) is 6.62. The standard InChI is InChI=1S/C20H23N3O4S2/c1-20(2,3)14-22(19(24)25)11-15-9-18(16-6-8-28-13-16)23(12-15)29(26,27)17-5-4-7-21-10-17/h4-10,12-13H,11,14H2,1-3H3,(H,24,25). The molecule has 0 unspecified atom stereocenters. The molecule has 0 aromatic carbocycles. The maximum Gasteiger partial charge on any atom is 0.407 e. The first-order valence-corrected chi connectivity index (χ1v) is 11.3. The van der Waals surface area contributed by atoms with Crippen molar-refractivity contribution in [1.29, 1.82) is 0 Å². The summed E-state index contributed by atoms with van der Waals surface area (Å²) in [5.41, 5.74) is 1.63. The van der Waals surface area contributed by atoms with Gasteiger partial charge in [-0.15, -0.1) is 0 Å². The van der Waals surface area contributed by atoms with Crippen molar-refractivity contribution in [3.8, 4) is 11.3 Å². The van der Waals surface area contributed by atoms with Crippen LogP contribution in [0.3, 0.4) is 0 Å². The highest BCUT2D eigenvalue weighted by Gasteiger charge is 2.25. The third kappa shape index (κ3) is 4.86. The molecule has 3 heterocycles. The Bertz CT molecular complexity index is 1080. The molecule has 0 saturated carbocycles. The lowest BCUT2D eigenvalue weighted by molar-refractivity contribution is 0.123. The highest BCUT2D eigenvalue weighted by atomic mass is 32.2. The van der Waals surface area contributed by atoms with Gasteiger partial charge in [0.15, 0.2) is 0 Å².